The van der Waals surface area contributed by atoms with Crippen molar-refractivity contribution in [3.8, 4) is 0 Å². The number of thiazole rings is 1. The molecular weight excluding hydrogens is 354 g/mol. The Bertz CT molecular complexity index is 825. The summed E-state index contributed by atoms with van der Waals surface area (Å²) in [6.45, 7) is 2.92. The molecule has 7 heteroatoms. The van der Waals surface area contributed by atoms with Crippen LogP contribution >= 0.6 is 22.7 Å². The van der Waals surface area contributed by atoms with E-state index < -0.39 is 0 Å². The van der Waals surface area contributed by atoms with E-state index in [4.69, 9.17) is 0 Å². The predicted molar refractivity (Wildman–Crippen MR) is 102 cm³/mol. The smallest absolute Gasteiger partial charge is 0.252 e. The first kappa shape index (κ1) is 17.6. The molecule has 0 saturated heterocycles. The Morgan fingerprint density at radius 3 is 2.80 bits per heavy atom. The number of nitrogens with one attached hydrogen (secondary N) is 2. The van der Waals surface area contributed by atoms with E-state index in [1.807, 2.05) is 23.6 Å². The van der Waals surface area contributed by atoms with Crippen molar-refractivity contribution in [2.45, 2.75) is 19.3 Å². The molecule has 0 radical (unpaired) electrons. The van der Waals surface area contributed by atoms with Gasteiger partial charge in [0.1, 0.15) is 0 Å². The molecule has 2 N–H and O–H groups in total. The Morgan fingerprint density at radius 1 is 1.20 bits per heavy atom. The number of para-hydroxylation sites is 1. The minimum Gasteiger partial charge on any atom is -0.355 e. The number of carbonyl (C=O) groups excluding carboxylic acids is 2. The minimum atomic E-state index is -0.142. The summed E-state index contributed by atoms with van der Waals surface area (Å²) in [6.07, 6.45) is 0.266. The van der Waals surface area contributed by atoms with Gasteiger partial charge in [-0.2, -0.15) is 11.3 Å². The van der Waals surface area contributed by atoms with Crippen molar-refractivity contribution < 1.29 is 9.59 Å². The summed E-state index contributed by atoms with van der Waals surface area (Å²) in [7, 11) is 0. The molecule has 0 aliphatic rings. The SMILES string of the molecule is CC(CNC(=O)CCNC(=O)c1ccsc1)c1nc2ccccc2s1. The number of rotatable bonds is 7. The van der Waals surface area contributed by atoms with Crippen LogP contribution in [-0.2, 0) is 4.79 Å². The zero-order valence-electron chi connectivity index (χ0n) is 13.8. The van der Waals surface area contributed by atoms with Crippen LogP contribution < -0.4 is 10.6 Å². The number of amides is 2. The van der Waals surface area contributed by atoms with Gasteiger partial charge in [-0.25, -0.2) is 4.98 Å². The maximum atomic E-state index is 11.9. The van der Waals surface area contributed by atoms with E-state index in [2.05, 4.69) is 28.6 Å². The summed E-state index contributed by atoms with van der Waals surface area (Å²) in [5.74, 6) is -0.0581. The number of hydrogen-bond donors (Lipinski definition) is 2. The van der Waals surface area contributed by atoms with Crippen molar-refractivity contribution in [1.29, 1.82) is 0 Å². The molecule has 0 fully saturated rings. The van der Waals surface area contributed by atoms with Gasteiger partial charge in [-0.1, -0.05) is 19.1 Å². The normalized spacial score (nSPS) is 12.0. The summed E-state index contributed by atoms with van der Waals surface area (Å²) < 4.78 is 1.16. The van der Waals surface area contributed by atoms with E-state index in [0.29, 0.717) is 18.7 Å². The molecule has 1 unspecified atom stereocenters. The van der Waals surface area contributed by atoms with Gasteiger partial charge in [0.05, 0.1) is 15.2 Å². The third-order valence-electron chi connectivity index (χ3n) is 3.76. The molecule has 3 rings (SSSR count). The van der Waals surface area contributed by atoms with Gasteiger partial charge in [0.25, 0.3) is 5.91 Å². The number of hydrogen-bond acceptors (Lipinski definition) is 5. The molecule has 0 saturated carbocycles. The molecule has 0 aliphatic heterocycles. The highest BCUT2D eigenvalue weighted by molar-refractivity contribution is 7.18. The first-order valence-electron chi connectivity index (χ1n) is 8.06. The molecule has 2 heterocycles. The lowest BCUT2D eigenvalue weighted by Gasteiger charge is -2.10. The van der Waals surface area contributed by atoms with Gasteiger partial charge in [-0.15, -0.1) is 11.3 Å². The summed E-state index contributed by atoms with van der Waals surface area (Å²) in [4.78, 5) is 28.3. The molecule has 25 heavy (non-hydrogen) atoms. The number of thiophene rings is 1. The van der Waals surface area contributed by atoms with Crippen molar-refractivity contribution in [2.24, 2.45) is 0 Å². The van der Waals surface area contributed by atoms with Crippen molar-refractivity contribution in [3.05, 3.63) is 51.7 Å². The van der Waals surface area contributed by atoms with Crippen LogP contribution in [0.3, 0.4) is 0 Å². The van der Waals surface area contributed by atoms with E-state index >= 15 is 0 Å². The molecular formula is C18H19N3O2S2. The Balaban J connectivity index is 1.41. The lowest BCUT2D eigenvalue weighted by molar-refractivity contribution is -0.121. The third kappa shape index (κ3) is 4.64. The van der Waals surface area contributed by atoms with Gasteiger partial charge >= 0.3 is 0 Å². The number of fused-ring (bicyclic) bond motifs is 1. The van der Waals surface area contributed by atoms with Crippen molar-refractivity contribution >= 4 is 44.7 Å². The molecule has 0 aliphatic carbocycles. The molecule has 1 atom stereocenters. The van der Waals surface area contributed by atoms with Crippen LogP contribution in [0.1, 0.15) is 34.6 Å². The van der Waals surface area contributed by atoms with E-state index in [1.54, 1.807) is 22.8 Å². The van der Waals surface area contributed by atoms with Gasteiger partial charge in [0.2, 0.25) is 5.91 Å². The first-order chi connectivity index (χ1) is 12.1. The van der Waals surface area contributed by atoms with E-state index in [9.17, 15) is 9.59 Å². The maximum Gasteiger partial charge on any atom is 0.252 e. The predicted octanol–water partition coefficient (Wildman–Crippen LogP) is 3.40. The molecule has 0 spiro atoms. The van der Waals surface area contributed by atoms with Crippen LogP contribution in [0.5, 0.6) is 0 Å². The largest absolute Gasteiger partial charge is 0.355 e. The highest BCUT2D eigenvalue weighted by atomic mass is 32.1. The molecule has 3 aromatic rings. The first-order valence-corrected chi connectivity index (χ1v) is 9.82. The van der Waals surface area contributed by atoms with E-state index in [0.717, 1.165) is 15.2 Å². The fraction of sp³-hybridized carbons (Fsp3) is 0.278. The Morgan fingerprint density at radius 2 is 2.04 bits per heavy atom. The molecule has 5 nitrogen and oxygen atoms in total. The highest BCUT2D eigenvalue weighted by Crippen LogP contribution is 2.26. The monoisotopic (exact) mass is 373 g/mol. The lowest BCUT2D eigenvalue weighted by Crippen LogP contribution is -2.32. The second kappa shape index (κ2) is 8.22. The number of benzene rings is 1. The number of nitrogens with zero attached hydrogens (tertiary/aromatic N) is 1. The molecule has 2 aromatic heterocycles. The summed E-state index contributed by atoms with van der Waals surface area (Å²) >= 11 is 3.13. The fourth-order valence-electron chi connectivity index (χ4n) is 2.33. The summed E-state index contributed by atoms with van der Waals surface area (Å²) in [5.41, 5.74) is 1.63. The average Bonchev–Trinajstić information content (AvgIpc) is 3.28. The fourth-order valence-corrected chi connectivity index (χ4v) is 3.98. The van der Waals surface area contributed by atoms with Crippen LogP contribution in [0.25, 0.3) is 10.2 Å². The quantitative estimate of drug-likeness (QED) is 0.667. The highest BCUT2D eigenvalue weighted by Gasteiger charge is 2.13. The van der Waals surface area contributed by atoms with E-state index in [-0.39, 0.29) is 24.2 Å². The Labute approximate surface area is 154 Å². The van der Waals surface area contributed by atoms with Crippen molar-refractivity contribution in [3.63, 3.8) is 0 Å². The minimum absolute atomic E-state index is 0.0708. The zero-order chi connectivity index (χ0) is 17.6. The third-order valence-corrected chi connectivity index (χ3v) is 5.71. The van der Waals surface area contributed by atoms with Crippen LogP contribution in [0.2, 0.25) is 0 Å². The van der Waals surface area contributed by atoms with Crippen LogP contribution in [0.4, 0.5) is 0 Å². The number of aromatic nitrogens is 1. The van der Waals surface area contributed by atoms with Gasteiger partial charge in [-0.05, 0) is 23.6 Å². The van der Waals surface area contributed by atoms with Crippen molar-refractivity contribution in [1.82, 2.24) is 15.6 Å². The van der Waals surface area contributed by atoms with Crippen LogP contribution in [0.15, 0.2) is 41.1 Å². The second-order valence-corrected chi connectivity index (χ2v) is 7.59. The standard InChI is InChI=1S/C18H19N3O2S2/c1-12(18-21-14-4-2-3-5-15(14)25-18)10-20-16(22)6-8-19-17(23)13-7-9-24-11-13/h2-5,7,9,11-12H,6,8,10H2,1H3,(H,19,23)(H,20,22). The van der Waals surface area contributed by atoms with Gasteiger partial charge in [-0.3, -0.25) is 9.59 Å². The van der Waals surface area contributed by atoms with Crippen LogP contribution in [0, 0.1) is 0 Å². The molecule has 0 bridgehead atoms. The average molecular weight is 374 g/mol. The summed E-state index contributed by atoms with van der Waals surface area (Å²) in [5, 5.41) is 10.3. The lowest BCUT2D eigenvalue weighted by atomic mass is 10.2. The van der Waals surface area contributed by atoms with Crippen molar-refractivity contribution in [2.75, 3.05) is 13.1 Å². The zero-order valence-corrected chi connectivity index (χ0v) is 15.5. The molecule has 1 aromatic carbocycles. The maximum absolute atomic E-state index is 11.9. The molecule has 2 amide bonds. The van der Waals surface area contributed by atoms with Gasteiger partial charge in [0, 0.05) is 36.4 Å². The Kier molecular flexibility index (Phi) is 5.78. The van der Waals surface area contributed by atoms with Crippen LogP contribution in [-0.4, -0.2) is 29.9 Å². The topological polar surface area (TPSA) is 71.1 Å². The second-order valence-electron chi connectivity index (χ2n) is 5.74. The molecule has 130 valence electrons. The summed E-state index contributed by atoms with van der Waals surface area (Å²) in [6, 6.07) is 9.79. The number of carbonyl (C=O) groups is 2. The van der Waals surface area contributed by atoms with Gasteiger partial charge < -0.3 is 10.6 Å². The van der Waals surface area contributed by atoms with Gasteiger partial charge in [0.15, 0.2) is 0 Å². The Hall–Kier alpha value is -2.25. The van der Waals surface area contributed by atoms with E-state index in [1.165, 1.54) is 11.3 Å².